The number of carbonyl (C=O) groups excluding carboxylic acids is 1. The van der Waals surface area contributed by atoms with Crippen LogP contribution in [0, 0.1) is 13.8 Å². The maximum Gasteiger partial charge on any atom is 0.416 e. The number of rotatable bonds is 5. The molecule has 0 aliphatic rings. The molecule has 3 rings (SSSR count). The summed E-state index contributed by atoms with van der Waals surface area (Å²) in [5, 5.41) is 4.75. The van der Waals surface area contributed by atoms with E-state index in [1.165, 1.54) is 23.0 Å². The Hall–Kier alpha value is -2.51. The first kappa shape index (κ1) is 22.2. The van der Waals surface area contributed by atoms with Gasteiger partial charge in [0.25, 0.3) is 0 Å². The topological polar surface area (TPSA) is 44.1 Å². The van der Waals surface area contributed by atoms with E-state index in [4.69, 9.17) is 27.9 Å². The van der Waals surface area contributed by atoms with Crippen LogP contribution < -0.4 is 4.74 Å². The van der Waals surface area contributed by atoms with Gasteiger partial charge in [-0.25, -0.2) is 4.68 Å². The van der Waals surface area contributed by atoms with E-state index >= 15 is 0 Å². The van der Waals surface area contributed by atoms with Crippen molar-refractivity contribution >= 4 is 29.0 Å². The average Bonchev–Trinajstić information content (AvgIpc) is 3.07. The number of aryl methyl sites for hydroxylation is 2. The minimum atomic E-state index is -4.45. The van der Waals surface area contributed by atoms with Crippen LogP contribution in [0.5, 0.6) is 5.88 Å². The molecule has 9 heteroatoms. The molecule has 0 aliphatic heterocycles. The van der Waals surface area contributed by atoms with Gasteiger partial charge in [0.15, 0.2) is 0 Å². The molecule has 0 N–H and O–H groups in total. The fourth-order valence-electron chi connectivity index (χ4n) is 2.99. The lowest BCUT2D eigenvalue weighted by atomic mass is 10.0. The monoisotopic (exact) mass is 456 g/mol. The van der Waals surface area contributed by atoms with Gasteiger partial charge in [-0.15, -0.1) is 0 Å². The Labute approximate surface area is 181 Å². The third kappa shape index (κ3) is 4.32. The molecule has 0 aliphatic carbocycles. The van der Waals surface area contributed by atoms with Gasteiger partial charge in [0.1, 0.15) is 12.2 Å². The van der Waals surface area contributed by atoms with Crippen LogP contribution in [0.15, 0.2) is 36.5 Å². The Morgan fingerprint density at radius 1 is 1.13 bits per heavy atom. The molecule has 1 aromatic heterocycles. The van der Waals surface area contributed by atoms with Crippen LogP contribution in [0.1, 0.15) is 38.2 Å². The zero-order valence-electron chi connectivity index (χ0n) is 16.3. The molecule has 0 saturated carbocycles. The second-order valence-corrected chi connectivity index (χ2v) is 7.55. The molecule has 0 atom stereocenters. The van der Waals surface area contributed by atoms with Gasteiger partial charge >= 0.3 is 6.18 Å². The Bertz CT molecular complexity index is 1120. The van der Waals surface area contributed by atoms with Crippen molar-refractivity contribution in [2.45, 2.75) is 26.6 Å². The summed E-state index contributed by atoms with van der Waals surface area (Å²) in [6.07, 6.45) is -3.12. The number of hydrogen-bond acceptors (Lipinski definition) is 3. The predicted octanol–water partition coefficient (Wildman–Crippen LogP) is 6.17. The number of ether oxygens (including phenoxy) is 1. The molecule has 0 spiro atoms. The van der Waals surface area contributed by atoms with Crippen molar-refractivity contribution in [3.8, 4) is 5.88 Å². The normalized spacial score (nSPS) is 11.6. The number of alkyl halides is 3. The van der Waals surface area contributed by atoms with Crippen LogP contribution in [0.3, 0.4) is 0 Å². The summed E-state index contributed by atoms with van der Waals surface area (Å²) in [7, 11) is 1.57. The van der Waals surface area contributed by atoms with E-state index in [0.29, 0.717) is 21.7 Å². The highest BCUT2D eigenvalue weighted by Gasteiger charge is 2.30. The van der Waals surface area contributed by atoms with Crippen LogP contribution in [0.25, 0.3) is 0 Å². The summed E-state index contributed by atoms with van der Waals surface area (Å²) in [6.45, 7) is 3.30. The lowest BCUT2D eigenvalue weighted by molar-refractivity contribution is -0.137. The molecule has 30 heavy (non-hydrogen) atoms. The highest BCUT2D eigenvalue weighted by Crippen LogP contribution is 2.34. The number of halogens is 5. The lowest BCUT2D eigenvalue weighted by Gasteiger charge is -2.13. The van der Waals surface area contributed by atoms with Gasteiger partial charge in [-0.05, 0) is 48.7 Å². The van der Waals surface area contributed by atoms with Crippen molar-refractivity contribution in [2.24, 2.45) is 7.05 Å². The maximum absolute atomic E-state index is 13.1. The van der Waals surface area contributed by atoms with E-state index in [1.807, 2.05) is 0 Å². The van der Waals surface area contributed by atoms with Gasteiger partial charge in [0, 0.05) is 17.6 Å². The molecule has 0 radical (unpaired) electrons. The summed E-state index contributed by atoms with van der Waals surface area (Å²) in [4.78, 5) is 13.1. The molecule has 0 amide bonds. The van der Waals surface area contributed by atoms with E-state index in [0.717, 1.165) is 12.1 Å². The predicted molar refractivity (Wildman–Crippen MR) is 108 cm³/mol. The first-order chi connectivity index (χ1) is 14.0. The van der Waals surface area contributed by atoms with Crippen molar-refractivity contribution < 1.29 is 22.7 Å². The fraction of sp³-hybridized carbons (Fsp3) is 0.238. The van der Waals surface area contributed by atoms with Gasteiger partial charge in [-0.2, -0.15) is 18.3 Å². The first-order valence-corrected chi connectivity index (χ1v) is 9.57. The van der Waals surface area contributed by atoms with Crippen LogP contribution in [-0.2, 0) is 19.8 Å². The molecule has 0 bridgehead atoms. The van der Waals surface area contributed by atoms with Crippen molar-refractivity contribution in [1.29, 1.82) is 0 Å². The van der Waals surface area contributed by atoms with Crippen molar-refractivity contribution in [2.75, 3.05) is 0 Å². The molecular weight excluding hydrogens is 440 g/mol. The molecular formula is C21H17Cl2F3N2O2. The molecule has 0 fully saturated rings. The smallest absolute Gasteiger partial charge is 0.416 e. The standard InChI is InChI=1S/C21H17Cl2F3N2O2/c1-11-7-15(18(23)12(2)17(11)22)19(29)16-9-27-28(3)20(16)30-10-13-5-4-6-14(8-13)21(24,25)26/h4-9H,10H2,1-3H3. The van der Waals surface area contributed by atoms with E-state index < -0.39 is 17.5 Å². The van der Waals surface area contributed by atoms with Crippen molar-refractivity contribution in [3.63, 3.8) is 0 Å². The highest BCUT2D eigenvalue weighted by atomic mass is 35.5. The van der Waals surface area contributed by atoms with Crippen LogP contribution in [0.2, 0.25) is 10.0 Å². The van der Waals surface area contributed by atoms with Crippen molar-refractivity contribution in [3.05, 3.63) is 80.0 Å². The molecule has 3 aromatic rings. The Morgan fingerprint density at radius 2 is 1.83 bits per heavy atom. The van der Waals surface area contributed by atoms with E-state index in [9.17, 15) is 18.0 Å². The number of aromatic nitrogens is 2. The summed E-state index contributed by atoms with van der Waals surface area (Å²) in [5.74, 6) is -0.297. The van der Waals surface area contributed by atoms with Gasteiger partial charge in [-0.3, -0.25) is 4.79 Å². The zero-order valence-corrected chi connectivity index (χ0v) is 17.8. The minimum absolute atomic E-state index is 0.124. The molecule has 1 heterocycles. The molecule has 0 unspecified atom stereocenters. The molecule has 158 valence electrons. The number of carbonyl (C=O) groups is 1. The largest absolute Gasteiger partial charge is 0.472 e. The van der Waals surface area contributed by atoms with Gasteiger partial charge < -0.3 is 4.74 Å². The molecule has 0 saturated heterocycles. The third-order valence-corrected chi connectivity index (χ3v) is 5.67. The van der Waals surface area contributed by atoms with Crippen molar-refractivity contribution in [1.82, 2.24) is 9.78 Å². The Balaban J connectivity index is 1.91. The second kappa shape index (κ2) is 8.32. The fourth-order valence-corrected chi connectivity index (χ4v) is 3.42. The summed E-state index contributed by atoms with van der Waals surface area (Å²) < 4.78 is 45.7. The number of ketones is 1. The van der Waals surface area contributed by atoms with Gasteiger partial charge in [-0.1, -0.05) is 35.3 Å². The highest BCUT2D eigenvalue weighted by molar-refractivity contribution is 6.39. The Morgan fingerprint density at radius 3 is 2.50 bits per heavy atom. The van der Waals surface area contributed by atoms with Crippen LogP contribution in [0.4, 0.5) is 13.2 Å². The van der Waals surface area contributed by atoms with Crippen LogP contribution >= 0.6 is 23.2 Å². The average molecular weight is 457 g/mol. The molecule has 2 aromatic carbocycles. The quantitative estimate of drug-likeness (QED) is 0.431. The zero-order chi connectivity index (χ0) is 22.2. The van der Waals surface area contributed by atoms with Crippen LogP contribution in [-0.4, -0.2) is 15.6 Å². The number of benzene rings is 2. The second-order valence-electron chi connectivity index (χ2n) is 6.80. The van der Waals surface area contributed by atoms with Gasteiger partial charge in [0.2, 0.25) is 11.7 Å². The van der Waals surface area contributed by atoms with E-state index in [1.54, 1.807) is 27.0 Å². The summed E-state index contributed by atoms with van der Waals surface area (Å²) in [5.41, 5.74) is 1.19. The summed E-state index contributed by atoms with van der Waals surface area (Å²) >= 11 is 12.5. The SMILES string of the molecule is Cc1cc(C(=O)c2cnn(C)c2OCc2cccc(C(F)(F)F)c2)c(Cl)c(C)c1Cl. The first-order valence-electron chi connectivity index (χ1n) is 8.81. The third-order valence-electron chi connectivity index (χ3n) is 4.61. The van der Waals surface area contributed by atoms with E-state index in [-0.39, 0.29) is 28.6 Å². The number of hydrogen-bond donors (Lipinski definition) is 0. The van der Waals surface area contributed by atoms with E-state index in [2.05, 4.69) is 5.10 Å². The molecule has 4 nitrogen and oxygen atoms in total. The Kier molecular flexibility index (Phi) is 6.15. The number of nitrogens with zero attached hydrogens (tertiary/aromatic N) is 2. The lowest BCUT2D eigenvalue weighted by Crippen LogP contribution is -2.09. The summed E-state index contributed by atoms with van der Waals surface area (Å²) in [6, 6.07) is 6.38. The maximum atomic E-state index is 13.1. The van der Waals surface area contributed by atoms with Gasteiger partial charge in [0.05, 0.1) is 16.8 Å². The minimum Gasteiger partial charge on any atom is -0.472 e.